The van der Waals surface area contributed by atoms with Crippen LogP contribution in [-0.4, -0.2) is 29.8 Å². The molecular weight excluding hydrogens is 436 g/mol. The fraction of sp³-hybridized carbons (Fsp3) is 0.214. The largest absolute Gasteiger partial charge is 0.329 e. The van der Waals surface area contributed by atoms with E-state index < -0.39 is 0 Å². The van der Waals surface area contributed by atoms with Crippen molar-refractivity contribution in [3.05, 3.63) is 112 Å². The van der Waals surface area contributed by atoms with E-state index in [1.54, 1.807) is 0 Å². The number of aromatic amines is 1. The van der Waals surface area contributed by atoms with Gasteiger partial charge in [0.2, 0.25) is 0 Å². The van der Waals surface area contributed by atoms with Gasteiger partial charge >= 0.3 is 5.69 Å². The molecule has 0 atom stereocenters. The van der Waals surface area contributed by atoms with Crippen molar-refractivity contribution in [1.29, 1.82) is 0 Å². The number of tetrazole rings is 1. The summed E-state index contributed by atoms with van der Waals surface area (Å²) in [6.45, 7) is 5.34. The van der Waals surface area contributed by atoms with E-state index in [9.17, 15) is 4.79 Å². The van der Waals surface area contributed by atoms with Crippen molar-refractivity contribution in [2.24, 2.45) is 0 Å². The molecule has 0 unspecified atom stereocenters. The van der Waals surface area contributed by atoms with Crippen LogP contribution in [0.2, 0.25) is 0 Å². The number of hydrogen-bond donors (Lipinski definition) is 1. The molecule has 5 aromatic rings. The van der Waals surface area contributed by atoms with Crippen molar-refractivity contribution in [3.8, 4) is 22.5 Å². The van der Waals surface area contributed by atoms with Gasteiger partial charge in [0.1, 0.15) is 0 Å². The molecule has 1 N–H and O–H groups in total. The van der Waals surface area contributed by atoms with Gasteiger partial charge in [-0.15, -0.1) is 5.10 Å². The maximum atomic E-state index is 13.5. The van der Waals surface area contributed by atoms with Gasteiger partial charge in [0.25, 0.3) is 0 Å². The average Bonchev–Trinajstić information content (AvgIpc) is 3.51. The van der Waals surface area contributed by atoms with E-state index in [4.69, 9.17) is 0 Å². The summed E-state index contributed by atoms with van der Waals surface area (Å²) in [4.78, 5) is 13.5. The molecule has 35 heavy (non-hydrogen) atoms. The van der Waals surface area contributed by atoms with Crippen LogP contribution in [0, 0.1) is 6.92 Å². The standard InChI is InChI=1S/C28H28N6O/c1-3-9-26-20(2)33(18-21-10-5-4-6-11-21)28(35)34(26)19-22-14-16-23(17-15-22)24-12-7-8-13-25(24)27-29-31-32-30-27/h4-8,10-17H,3,9,18-19H2,1-2H3,(H,29,30,31,32). The van der Waals surface area contributed by atoms with Crippen molar-refractivity contribution in [2.75, 3.05) is 0 Å². The van der Waals surface area contributed by atoms with E-state index >= 15 is 0 Å². The fourth-order valence-corrected chi connectivity index (χ4v) is 4.61. The van der Waals surface area contributed by atoms with E-state index in [0.29, 0.717) is 18.9 Å². The van der Waals surface area contributed by atoms with Gasteiger partial charge in [-0.1, -0.05) is 92.2 Å². The number of imidazole rings is 1. The van der Waals surface area contributed by atoms with Crippen LogP contribution >= 0.6 is 0 Å². The van der Waals surface area contributed by atoms with Crippen LogP contribution in [-0.2, 0) is 19.5 Å². The molecule has 176 valence electrons. The Labute approximate surface area is 204 Å². The molecular formula is C28H28N6O. The molecule has 0 aliphatic carbocycles. The monoisotopic (exact) mass is 464 g/mol. The summed E-state index contributed by atoms with van der Waals surface area (Å²) in [5, 5.41) is 14.3. The van der Waals surface area contributed by atoms with Gasteiger partial charge in [-0.05, 0) is 46.0 Å². The maximum Gasteiger partial charge on any atom is 0.329 e. The lowest BCUT2D eigenvalue weighted by molar-refractivity contribution is 0.662. The first-order valence-electron chi connectivity index (χ1n) is 11.9. The van der Waals surface area contributed by atoms with Gasteiger partial charge < -0.3 is 0 Å². The summed E-state index contributed by atoms with van der Waals surface area (Å²) in [5.74, 6) is 0.635. The third-order valence-corrected chi connectivity index (χ3v) is 6.41. The van der Waals surface area contributed by atoms with Gasteiger partial charge in [0.15, 0.2) is 5.82 Å². The highest BCUT2D eigenvalue weighted by Gasteiger charge is 2.17. The second kappa shape index (κ2) is 9.93. The number of nitrogens with one attached hydrogen (secondary N) is 1. The lowest BCUT2D eigenvalue weighted by Gasteiger charge is -2.10. The summed E-state index contributed by atoms with van der Waals surface area (Å²) in [7, 11) is 0. The minimum atomic E-state index is 0.0436. The molecule has 2 aromatic heterocycles. The molecule has 5 rings (SSSR count). The van der Waals surface area contributed by atoms with Gasteiger partial charge in [0, 0.05) is 17.0 Å². The van der Waals surface area contributed by atoms with Gasteiger partial charge in [-0.25, -0.2) is 9.89 Å². The average molecular weight is 465 g/mol. The van der Waals surface area contributed by atoms with Gasteiger partial charge in [-0.2, -0.15) is 0 Å². The summed E-state index contributed by atoms with van der Waals surface area (Å²) >= 11 is 0. The Morgan fingerprint density at radius 3 is 2.14 bits per heavy atom. The molecule has 0 saturated heterocycles. The number of benzene rings is 3. The van der Waals surface area contributed by atoms with Crippen LogP contribution in [0.5, 0.6) is 0 Å². The number of rotatable bonds is 8. The molecule has 0 radical (unpaired) electrons. The highest BCUT2D eigenvalue weighted by atomic mass is 16.1. The normalized spacial score (nSPS) is 11.1. The Kier molecular flexibility index (Phi) is 6.39. The number of nitrogens with zero attached hydrogens (tertiary/aromatic N) is 5. The Morgan fingerprint density at radius 1 is 0.800 bits per heavy atom. The van der Waals surface area contributed by atoms with Crippen molar-refractivity contribution in [3.63, 3.8) is 0 Å². The molecule has 0 saturated carbocycles. The molecule has 0 amide bonds. The molecule has 2 heterocycles. The van der Waals surface area contributed by atoms with Crippen molar-refractivity contribution >= 4 is 0 Å². The molecule has 3 aromatic carbocycles. The quantitative estimate of drug-likeness (QED) is 0.356. The zero-order valence-electron chi connectivity index (χ0n) is 20.0. The zero-order valence-corrected chi connectivity index (χ0v) is 20.0. The minimum absolute atomic E-state index is 0.0436. The Hall–Kier alpha value is -4.26. The summed E-state index contributed by atoms with van der Waals surface area (Å²) in [6.07, 6.45) is 1.86. The lowest BCUT2D eigenvalue weighted by Crippen LogP contribution is -2.26. The van der Waals surface area contributed by atoms with E-state index in [-0.39, 0.29) is 5.69 Å². The molecule has 0 aliphatic heterocycles. The van der Waals surface area contributed by atoms with Crippen molar-refractivity contribution in [2.45, 2.75) is 39.8 Å². The summed E-state index contributed by atoms with van der Waals surface area (Å²) in [6, 6.07) is 26.6. The summed E-state index contributed by atoms with van der Waals surface area (Å²) < 4.78 is 3.83. The van der Waals surface area contributed by atoms with E-state index in [1.807, 2.05) is 45.5 Å². The Morgan fingerprint density at radius 2 is 1.46 bits per heavy atom. The molecule has 0 spiro atoms. The SMILES string of the molecule is CCCc1c(C)n(Cc2ccccc2)c(=O)n1Cc1ccc(-c2ccccc2-c2nnn[nH]2)cc1. The van der Waals surface area contributed by atoms with Gasteiger partial charge in [-0.3, -0.25) is 9.13 Å². The smallest absolute Gasteiger partial charge is 0.292 e. The van der Waals surface area contributed by atoms with Crippen LogP contribution < -0.4 is 5.69 Å². The number of aromatic nitrogens is 6. The van der Waals surface area contributed by atoms with Crippen LogP contribution in [0.15, 0.2) is 83.7 Å². The van der Waals surface area contributed by atoms with Crippen molar-refractivity contribution < 1.29 is 0 Å². The van der Waals surface area contributed by atoms with Crippen LogP contribution in [0.25, 0.3) is 22.5 Å². The third kappa shape index (κ3) is 4.57. The summed E-state index contributed by atoms with van der Waals surface area (Å²) in [5.41, 5.74) is 7.48. The highest BCUT2D eigenvalue weighted by molar-refractivity contribution is 5.80. The maximum absolute atomic E-state index is 13.5. The number of hydrogen-bond acceptors (Lipinski definition) is 4. The first-order valence-corrected chi connectivity index (χ1v) is 11.9. The fourth-order valence-electron chi connectivity index (χ4n) is 4.61. The Bertz CT molecular complexity index is 1460. The first kappa shape index (κ1) is 22.5. The molecule has 7 nitrogen and oxygen atoms in total. The molecule has 0 fully saturated rings. The van der Waals surface area contributed by atoms with E-state index in [0.717, 1.165) is 52.0 Å². The minimum Gasteiger partial charge on any atom is -0.292 e. The van der Waals surface area contributed by atoms with Crippen molar-refractivity contribution in [1.82, 2.24) is 29.8 Å². The topological polar surface area (TPSA) is 81.4 Å². The third-order valence-electron chi connectivity index (χ3n) is 6.41. The predicted octanol–water partition coefficient (Wildman–Crippen LogP) is 4.85. The highest BCUT2D eigenvalue weighted by Crippen LogP contribution is 2.29. The van der Waals surface area contributed by atoms with E-state index in [1.165, 1.54) is 0 Å². The van der Waals surface area contributed by atoms with Crippen LogP contribution in [0.4, 0.5) is 0 Å². The van der Waals surface area contributed by atoms with Crippen LogP contribution in [0.3, 0.4) is 0 Å². The second-order valence-electron chi connectivity index (χ2n) is 8.71. The van der Waals surface area contributed by atoms with Gasteiger partial charge in [0.05, 0.1) is 13.1 Å². The van der Waals surface area contributed by atoms with Crippen LogP contribution in [0.1, 0.15) is 35.9 Å². The first-order chi connectivity index (χ1) is 17.2. The second-order valence-corrected chi connectivity index (χ2v) is 8.71. The zero-order chi connectivity index (χ0) is 24.2. The Balaban J connectivity index is 1.45. The van der Waals surface area contributed by atoms with E-state index in [2.05, 4.69) is 76.9 Å². The molecule has 0 aliphatic rings. The lowest BCUT2D eigenvalue weighted by atomic mass is 9.98. The predicted molar refractivity (Wildman–Crippen MR) is 137 cm³/mol. The molecule has 7 heteroatoms. The molecule has 0 bridgehead atoms. The number of H-pyrrole nitrogens is 1.